The van der Waals surface area contributed by atoms with E-state index in [-0.39, 0.29) is 12.8 Å². The molecule has 25 nitrogen and oxygen atoms in total. The number of ketones is 1. The number of carbonyl (C=O) groups excluding carboxylic acids is 6. The lowest BCUT2D eigenvalue weighted by Gasteiger charge is -2.43. The fourth-order valence-corrected chi connectivity index (χ4v) is 11.0. The molecule has 0 bridgehead atoms. The van der Waals surface area contributed by atoms with Gasteiger partial charge in [0.05, 0.1) is 31.5 Å². The average Bonchev–Trinajstić information content (AvgIpc) is 2.57. The highest BCUT2D eigenvalue weighted by molar-refractivity contribution is 7.32. The van der Waals surface area contributed by atoms with Gasteiger partial charge in [0.2, 0.25) is 17.7 Å². The first-order valence-corrected chi connectivity index (χ1v) is 32.7. The third-order valence-electron chi connectivity index (χ3n) is 16.0. The summed E-state index contributed by atoms with van der Waals surface area (Å²) in [5.74, 6) is -8.28. The van der Waals surface area contributed by atoms with Gasteiger partial charge in [-0.3, -0.25) is 33.3 Å². The van der Waals surface area contributed by atoms with Crippen LogP contribution in [-0.4, -0.2) is 175 Å². The van der Waals surface area contributed by atoms with Gasteiger partial charge in [0.1, 0.15) is 29.9 Å². The first-order chi connectivity index (χ1) is 40.4. The molecule has 1 aliphatic heterocycles. The lowest BCUT2D eigenvalue weighted by molar-refractivity contribution is -0.263. The largest absolute Gasteiger partial charge is 0.479 e. The SMILES string of the molecule is CCCCCCCCCCCCCCCC(=O)OC([C@H](CO)OC(=O)CCCCCCCCCCCCCCC)[C@](N)(CC(CN)O[PH](=O)O)C(=O)N[C@H](CCC(=O)N(CC(C)O[C@@H]1[C@@H](N)[C@@H](O)O[C@H](CO)[C@H]1O)[C@](C)(C(C)=O)C(=O)O)C(N)=O. The van der Waals surface area contributed by atoms with Gasteiger partial charge in [-0.15, -0.1) is 0 Å². The number of carboxylic acid groups (broad SMARTS) is 1. The number of rotatable bonds is 52. The summed E-state index contributed by atoms with van der Waals surface area (Å²) in [4.78, 5) is 106. The molecule has 26 heteroatoms. The molecule has 1 saturated heterocycles. The van der Waals surface area contributed by atoms with E-state index in [0.717, 1.165) is 71.6 Å². The van der Waals surface area contributed by atoms with Crippen molar-refractivity contribution in [2.24, 2.45) is 22.9 Å². The number of hydrogen-bond acceptors (Lipinski definition) is 20. The zero-order chi connectivity index (χ0) is 64.0. The van der Waals surface area contributed by atoms with Crippen molar-refractivity contribution in [2.45, 2.75) is 306 Å². The summed E-state index contributed by atoms with van der Waals surface area (Å²) in [6, 6.07) is -3.25. The Morgan fingerprint density at radius 3 is 1.56 bits per heavy atom. The van der Waals surface area contributed by atoms with Crippen LogP contribution in [0.3, 0.4) is 0 Å². The van der Waals surface area contributed by atoms with Crippen molar-refractivity contribution in [3.63, 3.8) is 0 Å². The van der Waals surface area contributed by atoms with Gasteiger partial charge < -0.3 is 87.0 Å². The fraction of sp³-hybridized carbons (Fsp3) is 0.881. The molecule has 1 fully saturated rings. The van der Waals surface area contributed by atoms with Crippen molar-refractivity contribution < 1.29 is 92.0 Å². The molecule has 1 rings (SSSR count). The molecule has 85 heavy (non-hydrogen) atoms. The molecule has 13 atom stereocenters. The maximum absolute atomic E-state index is 14.9. The van der Waals surface area contributed by atoms with E-state index < -0.39 is 167 Å². The number of Topliss-reactive ketones (excluding diaryl/α,β-unsaturated/α-hetero) is 1. The van der Waals surface area contributed by atoms with Gasteiger partial charge >= 0.3 is 26.2 Å². The van der Waals surface area contributed by atoms with Crippen LogP contribution in [0.15, 0.2) is 0 Å². The number of aliphatic carboxylic acids is 1. The Kier molecular flexibility index (Phi) is 41.7. The molecule has 0 aromatic carbocycles. The molecule has 0 saturated carbocycles. The van der Waals surface area contributed by atoms with Crippen LogP contribution in [0, 0.1) is 0 Å². The Bertz CT molecular complexity index is 1950. The van der Waals surface area contributed by atoms with Gasteiger partial charge in [-0.2, -0.15) is 0 Å². The summed E-state index contributed by atoms with van der Waals surface area (Å²) in [5.41, 5.74) is 19.4. The van der Waals surface area contributed by atoms with Gasteiger partial charge in [0.15, 0.2) is 29.8 Å². The summed E-state index contributed by atoms with van der Waals surface area (Å²) in [6.45, 7) is 4.53. The summed E-state index contributed by atoms with van der Waals surface area (Å²) in [5, 5.41) is 54.5. The van der Waals surface area contributed by atoms with Crippen LogP contribution in [0.4, 0.5) is 0 Å². The van der Waals surface area contributed by atoms with Gasteiger partial charge in [0.25, 0.3) is 0 Å². The van der Waals surface area contributed by atoms with Crippen molar-refractivity contribution in [1.82, 2.24) is 10.2 Å². The normalized spacial score (nSPS) is 20.6. The maximum Gasteiger partial charge on any atom is 0.337 e. The maximum atomic E-state index is 14.9. The number of carbonyl (C=O) groups is 7. The van der Waals surface area contributed by atoms with E-state index in [1.165, 1.54) is 90.4 Å². The predicted octanol–water partition coefficient (Wildman–Crippen LogP) is 4.76. The van der Waals surface area contributed by atoms with Gasteiger partial charge in [-0.25, -0.2) is 4.79 Å². The van der Waals surface area contributed by atoms with Crippen LogP contribution in [0.5, 0.6) is 0 Å². The highest BCUT2D eigenvalue weighted by atomic mass is 31.1. The zero-order valence-corrected chi connectivity index (χ0v) is 52.8. The Balaban J connectivity index is 3.54. The quantitative estimate of drug-likeness (QED) is 0.0169. The Morgan fingerprint density at radius 2 is 1.18 bits per heavy atom. The first kappa shape index (κ1) is 79.3. The fourth-order valence-electron chi connectivity index (χ4n) is 10.6. The Hall–Kier alpha value is -3.72. The standard InChI is InChI=1S/C59H111N6O19P/c1-6-8-10-12-14-16-18-20-22-24-26-28-30-32-48(70)81-46(40-67)53(83-49(71)33-31-29-27-25-23-21-19-17-15-13-11-9-7-2)59(63,36-43(37-60)84-85(78)79)56(75)64-44(54(62)73)34-35-47(69)65(58(5,42(4)68)57(76)77)38-41(3)80-52-50(61)55(74)82-45(39-66)51(52)72/h41,43-46,50-53,55,66-67,72,74,85H,6-40,60-61,63H2,1-5H3,(H2,62,73)(H,64,75)(H,76,77)(H,78,79)/t41?,43?,44-,45-,46+,50-,51-,52-,53?,55+,58-,59-/m1/s1. The van der Waals surface area contributed by atoms with E-state index in [2.05, 4.69) is 19.2 Å². The van der Waals surface area contributed by atoms with Crippen LogP contribution < -0.4 is 28.3 Å². The van der Waals surface area contributed by atoms with Crippen molar-refractivity contribution >= 4 is 49.7 Å². The van der Waals surface area contributed by atoms with Crippen molar-refractivity contribution in [3.8, 4) is 0 Å². The van der Waals surface area contributed by atoms with Crippen molar-refractivity contribution in [1.29, 1.82) is 0 Å². The number of esters is 2. The molecule has 496 valence electrons. The number of nitrogens with zero attached hydrogens (tertiary/aromatic N) is 1. The number of nitrogens with one attached hydrogen (secondary N) is 1. The number of amides is 3. The monoisotopic (exact) mass is 1240 g/mol. The van der Waals surface area contributed by atoms with E-state index in [1.54, 1.807) is 0 Å². The molecule has 0 radical (unpaired) electrons. The van der Waals surface area contributed by atoms with Gasteiger partial charge in [-0.1, -0.05) is 168 Å². The van der Waals surface area contributed by atoms with Gasteiger partial charge in [0, 0.05) is 38.8 Å². The molecule has 3 amide bonds. The number of carboxylic acids is 1. The van der Waals surface area contributed by atoms with Crippen molar-refractivity contribution in [2.75, 3.05) is 26.3 Å². The molecule has 4 unspecified atom stereocenters. The Labute approximate surface area is 505 Å². The van der Waals surface area contributed by atoms with E-state index in [1.807, 2.05) is 0 Å². The van der Waals surface area contributed by atoms with E-state index in [0.29, 0.717) is 30.6 Å². The van der Waals surface area contributed by atoms with Crippen LogP contribution >= 0.6 is 8.25 Å². The molecule has 0 spiro atoms. The summed E-state index contributed by atoms with van der Waals surface area (Å²) in [6.07, 6.45) is 11.6. The lowest BCUT2D eigenvalue weighted by Crippen LogP contribution is -2.69. The first-order valence-electron chi connectivity index (χ1n) is 31.5. The highest BCUT2D eigenvalue weighted by Gasteiger charge is 2.53. The smallest absolute Gasteiger partial charge is 0.337 e. The number of aliphatic hydroxyl groups is 4. The second-order valence-electron chi connectivity index (χ2n) is 23.2. The van der Waals surface area contributed by atoms with E-state index in [4.69, 9.17) is 46.4 Å². The molecule has 1 aliphatic rings. The number of ether oxygens (including phenoxy) is 4. The predicted molar refractivity (Wildman–Crippen MR) is 319 cm³/mol. The molecule has 15 N–H and O–H groups in total. The molecule has 0 aromatic rings. The third kappa shape index (κ3) is 29.9. The topological polar surface area (TPSA) is 423 Å². The molecule has 1 heterocycles. The molecule has 0 aromatic heterocycles. The zero-order valence-electron chi connectivity index (χ0n) is 51.8. The minimum atomic E-state index is -3.80. The summed E-state index contributed by atoms with van der Waals surface area (Å²) < 4.78 is 39.9. The summed E-state index contributed by atoms with van der Waals surface area (Å²) >= 11 is 0. The van der Waals surface area contributed by atoms with Crippen LogP contribution in [-0.2, 0) is 61.6 Å². The van der Waals surface area contributed by atoms with Crippen LogP contribution in [0.2, 0.25) is 0 Å². The van der Waals surface area contributed by atoms with Crippen molar-refractivity contribution in [3.05, 3.63) is 0 Å². The van der Waals surface area contributed by atoms with E-state index >= 15 is 0 Å². The minimum Gasteiger partial charge on any atom is -0.479 e. The molecule has 0 aliphatic carbocycles. The number of aliphatic hydroxyl groups excluding tert-OH is 4. The third-order valence-corrected chi connectivity index (χ3v) is 16.6. The number of unbranched alkanes of at least 4 members (excludes halogenated alkanes) is 24. The van der Waals surface area contributed by atoms with Crippen LogP contribution in [0.1, 0.15) is 234 Å². The summed E-state index contributed by atoms with van der Waals surface area (Å²) in [7, 11) is -3.80. The average molecular weight is 1240 g/mol. The van der Waals surface area contributed by atoms with Gasteiger partial charge in [-0.05, 0) is 40.0 Å². The lowest BCUT2D eigenvalue weighted by atomic mass is 9.82. The number of primary amides is 1. The second-order valence-corrected chi connectivity index (χ2v) is 24.0. The molecular weight excluding hydrogens is 1130 g/mol. The highest BCUT2D eigenvalue weighted by Crippen LogP contribution is 2.31. The molecular formula is C59H111N6O19P. The number of hydrogen-bond donors (Lipinski definition) is 11. The number of nitrogens with two attached hydrogens (primary N) is 4. The second kappa shape index (κ2) is 44.7. The van der Waals surface area contributed by atoms with Crippen LogP contribution in [0.25, 0.3) is 0 Å². The minimum absolute atomic E-state index is 0.124. The Morgan fingerprint density at radius 1 is 0.729 bits per heavy atom. The van der Waals surface area contributed by atoms with E-state index in [9.17, 15) is 68.6 Å².